The number of hydrogen-bond donors (Lipinski definition) is 0. The second kappa shape index (κ2) is 6.42. The number of aromatic nitrogens is 1. The number of piperidine rings is 2. The van der Waals surface area contributed by atoms with Crippen molar-refractivity contribution in [3.8, 4) is 0 Å². The molecule has 0 spiro atoms. The van der Waals surface area contributed by atoms with Gasteiger partial charge in [-0.3, -0.25) is 9.69 Å². The molecule has 2 fully saturated rings. The fourth-order valence-corrected chi connectivity index (χ4v) is 4.40. The summed E-state index contributed by atoms with van der Waals surface area (Å²) in [7, 11) is 0. The van der Waals surface area contributed by atoms with Crippen molar-refractivity contribution < 1.29 is 4.79 Å². The molecule has 23 heavy (non-hydrogen) atoms. The number of benzene rings is 1. The molecule has 2 atom stereocenters. The van der Waals surface area contributed by atoms with Gasteiger partial charge in [0.15, 0.2) is 0 Å². The first kappa shape index (κ1) is 14.8. The van der Waals surface area contributed by atoms with Crippen molar-refractivity contribution in [2.24, 2.45) is 5.92 Å². The summed E-state index contributed by atoms with van der Waals surface area (Å²) in [6, 6.07) is 10.3. The van der Waals surface area contributed by atoms with Gasteiger partial charge < -0.3 is 4.90 Å². The Balaban J connectivity index is 1.49. The highest BCUT2D eigenvalue weighted by molar-refractivity contribution is 7.09. The molecule has 0 aliphatic carbocycles. The van der Waals surface area contributed by atoms with Crippen LogP contribution in [0.4, 0.5) is 0 Å². The van der Waals surface area contributed by atoms with Crippen LogP contribution in [0.25, 0.3) is 0 Å². The van der Waals surface area contributed by atoms with E-state index in [0.717, 1.165) is 37.6 Å². The molecule has 2 saturated heterocycles. The highest BCUT2D eigenvalue weighted by Crippen LogP contribution is 2.32. The van der Waals surface area contributed by atoms with Gasteiger partial charge in [0.25, 0.3) is 0 Å². The first-order valence-corrected chi connectivity index (χ1v) is 9.12. The molecule has 120 valence electrons. The van der Waals surface area contributed by atoms with Crippen molar-refractivity contribution in [1.82, 2.24) is 14.8 Å². The minimum Gasteiger partial charge on any atom is -0.337 e. The maximum atomic E-state index is 12.9. The van der Waals surface area contributed by atoms with Crippen molar-refractivity contribution in [1.29, 1.82) is 0 Å². The molecule has 4 nitrogen and oxygen atoms in total. The van der Waals surface area contributed by atoms with Gasteiger partial charge >= 0.3 is 0 Å². The Labute approximate surface area is 140 Å². The van der Waals surface area contributed by atoms with E-state index >= 15 is 0 Å². The van der Waals surface area contributed by atoms with Gasteiger partial charge in [-0.15, -0.1) is 11.3 Å². The van der Waals surface area contributed by atoms with Gasteiger partial charge in [0.1, 0.15) is 5.01 Å². The van der Waals surface area contributed by atoms with Crippen LogP contribution >= 0.6 is 11.3 Å². The molecule has 4 rings (SSSR count). The smallest absolute Gasteiger partial charge is 0.240 e. The van der Waals surface area contributed by atoms with Gasteiger partial charge in [-0.2, -0.15) is 0 Å². The zero-order chi connectivity index (χ0) is 15.6. The number of thiazole rings is 1. The van der Waals surface area contributed by atoms with Gasteiger partial charge in [-0.25, -0.2) is 4.98 Å². The summed E-state index contributed by atoms with van der Waals surface area (Å²) in [5.41, 5.74) is 1.22. The van der Waals surface area contributed by atoms with Crippen LogP contribution in [0.3, 0.4) is 0 Å². The molecule has 5 heteroatoms. The van der Waals surface area contributed by atoms with Crippen molar-refractivity contribution in [3.05, 3.63) is 52.5 Å². The van der Waals surface area contributed by atoms with E-state index in [2.05, 4.69) is 26.9 Å². The number of likely N-dealkylation sites (tertiary alicyclic amines) is 2. The van der Waals surface area contributed by atoms with Gasteiger partial charge in [-0.05, 0) is 30.9 Å². The molecule has 2 aromatic rings. The van der Waals surface area contributed by atoms with Crippen LogP contribution in [-0.4, -0.2) is 39.8 Å². The number of amides is 1. The molecule has 2 aliphatic heterocycles. The maximum Gasteiger partial charge on any atom is 0.240 e. The number of hydrogen-bond acceptors (Lipinski definition) is 4. The Bertz CT molecular complexity index is 658. The number of nitrogens with zero attached hydrogens (tertiary/aromatic N) is 3. The molecule has 0 radical (unpaired) electrons. The zero-order valence-corrected chi connectivity index (χ0v) is 13.9. The molecule has 3 heterocycles. The maximum absolute atomic E-state index is 12.9. The lowest BCUT2D eigenvalue weighted by molar-refractivity contribution is -0.146. The van der Waals surface area contributed by atoms with E-state index in [0.29, 0.717) is 11.8 Å². The summed E-state index contributed by atoms with van der Waals surface area (Å²) in [5, 5.41) is 3.11. The normalized spacial score (nSPS) is 24.9. The van der Waals surface area contributed by atoms with Crippen molar-refractivity contribution in [2.45, 2.75) is 32.0 Å². The number of fused-ring (bicyclic) bond motifs is 2. The lowest BCUT2D eigenvalue weighted by Crippen LogP contribution is -2.58. The average Bonchev–Trinajstić information content (AvgIpc) is 3.08. The van der Waals surface area contributed by atoms with Crippen LogP contribution in [0.1, 0.15) is 23.4 Å². The van der Waals surface area contributed by atoms with Gasteiger partial charge in [-0.1, -0.05) is 30.3 Å². The predicted molar refractivity (Wildman–Crippen MR) is 90.9 cm³/mol. The molecule has 2 aliphatic rings. The molecule has 0 N–H and O–H groups in total. The standard InChI is InChI=1S/C18H21N3OS/c22-18-16-10-15(6-8-20(16)13-17-19-7-9-23-17)12-21(18)11-14-4-2-1-3-5-14/h1-5,7,9,15-16H,6,8,10-13H2/t15-,16+/m0/s1. The molecule has 2 bridgehead atoms. The highest BCUT2D eigenvalue weighted by atomic mass is 32.1. The van der Waals surface area contributed by atoms with Crippen LogP contribution < -0.4 is 0 Å². The summed E-state index contributed by atoms with van der Waals surface area (Å²) in [4.78, 5) is 21.7. The number of carbonyl (C=O) groups excluding carboxylic acids is 1. The van der Waals surface area contributed by atoms with Crippen LogP contribution in [-0.2, 0) is 17.9 Å². The van der Waals surface area contributed by atoms with Crippen LogP contribution in [0.15, 0.2) is 41.9 Å². The minimum atomic E-state index is 0.0371. The largest absolute Gasteiger partial charge is 0.337 e. The quantitative estimate of drug-likeness (QED) is 0.866. The SMILES string of the molecule is O=C1[C@H]2C[C@H](CCN2Cc2nccs2)CN1Cc1ccccc1. The van der Waals surface area contributed by atoms with E-state index in [-0.39, 0.29) is 6.04 Å². The van der Waals surface area contributed by atoms with Crippen molar-refractivity contribution in [2.75, 3.05) is 13.1 Å². The Morgan fingerprint density at radius 3 is 2.87 bits per heavy atom. The second-order valence-corrected chi connectivity index (χ2v) is 7.49. The predicted octanol–water partition coefficient (Wildman–Crippen LogP) is 2.77. The second-order valence-electron chi connectivity index (χ2n) is 6.51. The fourth-order valence-electron chi connectivity index (χ4n) is 3.76. The van der Waals surface area contributed by atoms with Crippen molar-refractivity contribution in [3.63, 3.8) is 0 Å². The van der Waals surface area contributed by atoms with Crippen LogP contribution in [0.5, 0.6) is 0 Å². The topological polar surface area (TPSA) is 36.4 Å². The Hall–Kier alpha value is -1.72. The van der Waals surface area contributed by atoms with E-state index in [1.54, 1.807) is 11.3 Å². The third-order valence-corrected chi connectivity index (χ3v) is 5.70. The monoisotopic (exact) mass is 327 g/mol. The number of carbonyl (C=O) groups is 1. The first-order chi connectivity index (χ1) is 11.3. The molecular weight excluding hydrogens is 306 g/mol. The summed E-state index contributed by atoms with van der Waals surface area (Å²) >= 11 is 1.67. The number of rotatable bonds is 4. The highest BCUT2D eigenvalue weighted by Gasteiger charge is 2.41. The van der Waals surface area contributed by atoms with Crippen molar-refractivity contribution >= 4 is 17.2 Å². The summed E-state index contributed by atoms with van der Waals surface area (Å²) in [6.07, 6.45) is 4.03. The minimum absolute atomic E-state index is 0.0371. The summed E-state index contributed by atoms with van der Waals surface area (Å²) < 4.78 is 0. The lowest BCUT2D eigenvalue weighted by atomic mass is 9.85. The summed E-state index contributed by atoms with van der Waals surface area (Å²) in [5.74, 6) is 0.940. The molecule has 0 saturated carbocycles. The van der Waals surface area contributed by atoms with Gasteiger partial charge in [0, 0.05) is 24.7 Å². The van der Waals surface area contributed by atoms with E-state index in [1.807, 2.05) is 29.8 Å². The van der Waals surface area contributed by atoms with E-state index < -0.39 is 0 Å². The third kappa shape index (κ3) is 3.16. The Kier molecular flexibility index (Phi) is 4.14. The van der Waals surface area contributed by atoms with Gasteiger partial charge in [0.05, 0.1) is 12.6 Å². The van der Waals surface area contributed by atoms with Crippen LogP contribution in [0.2, 0.25) is 0 Å². The van der Waals surface area contributed by atoms with E-state index in [1.165, 1.54) is 12.0 Å². The summed E-state index contributed by atoms with van der Waals surface area (Å²) in [6.45, 7) is 3.47. The first-order valence-electron chi connectivity index (χ1n) is 8.25. The van der Waals surface area contributed by atoms with E-state index in [9.17, 15) is 4.79 Å². The average molecular weight is 327 g/mol. The molecule has 1 aromatic carbocycles. The molecule has 1 aromatic heterocycles. The zero-order valence-electron chi connectivity index (χ0n) is 13.1. The van der Waals surface area contributed by atoms with Crippen LogP contribution in [0, 0.1) is 5.92 Å². The Morgan fingerprint density at radius 2 is 2.09 bits per heavy atom. The fraction of sp³-hybridized carbons (Fsp3) is 0.444. The molecule has 0 unspecified atom stereocenters. The molecular formula is C18H21N3OS. The molecule has 1 amide bonds. The lowest BCUT2D eigenvalue weighted by Gasteiger charge is -2.46. The Morgan fingerprint density at radius 1 is 1.22 bits per heavy atom. The van der Waals surface area contributed by atoms with E-state index in [4.69, 9.17) is 0 Å². The third-order valence-electron chi connectivity index (χ3n) is 4.94. The van der Waals surface area contributed by atoms with Gasteiger partial charge in [0.2, 0.25) is 5.91 Å².